The molecule has 3 rings (SSSR count). The maximum absolute atomic E-state index is 10.7. The van der Waals surface area contributed by atoms with Crippen LogP contribution in [0.2, 0.25) is 0 Å². The Bertz CT molecular complexity index is 969. The van der Waals surface area contributed by atoms with Gasteiger partial charge in [-0.05, 0) is 49.2 Å². The van der Waals surface area contributed by atoms with Crippen molar-refractivity contribution < 1.29 is 76.9 Å². The molecule has 3 heterocycles. The SMILES string of the molecule is C1CSCCSCCS1.CC#N.Cc1ccnc(-c2cc(C)ccn2)c1.F[P-](F)(F)(F)(F)F.F[P-](F)(F)(F)(F)F.O.[Pt+2]. The molecule has 1 fully saturated rings. The van der Waals surface area contributed by atoms with E-state index in [0.29, 0.717) is 0 Å². The molecular weight excluding hydrogens is 879 g/mol. The van der Waals surface area contributed by atoms with Crippen LogP contribution in [0.3, 0.4) is 0 Å². The van der Waals surface area contributed by atoms with Crippen LogP contribution in [-0.4, -0.2) is 50.0 Å². The predicted octanol–water partition coefficient (Wildman–Crippen LogP) is 11.4. The minimum Gasteiger partial charge on any atom is -0.412 e. The Hall–Kier alpha value is -0.492. The first-order valence-corrected chi connectivity index (χ1v) is 18.1. The van der Waals surface area contributed by atoms with Crippen LogP contribution in [0.25, 0.3) is 11.4 Å². The van der Waals surface area contributed by atoms with Gasteiger partial charge in [0.25, 0.3) is 0 Å². The molecule has 0 spiro atoms. The van der Waals surface area contributed by atoms with Gasteiger partial charge in [-0.25, -0.2) is 0 Å². The van der Waals surface area contributed by atoms with E-state index in [4.69, 9.17) is 5.26 Å². The molecule has 0 saturated carbocycles. The number of halogens is 12. The summed E-state index contributed by atoms with van der Waals surface area (Å²) >= 11 is 6.30. The van der Waals surface area contributed by atoms with Crippen molar-refractivity contribution >= 4 is 50.9 Å². The van der Waals surface area contributed by atoms with Gasteiger partial charge < -0.3 is 5.48 Å². The van der Waals surface area contributed by atoms with Gasteiger partial charge in [0, 0.05) is 53.8 Å². The maximum atomic E-state index is 9.87. The molecule has 0 unspecified atom stereocenters. The van der Waals surface area contributed by atoms with Crippen LogP contribution in [0.15, 0.2) is 36.7 Å². The van der Waals surface area contributed by atoms with Crippen molar-refractivity contribution in [3.63, 3.8) is 0 Å². The average molecular weight is 909 g/mol. The molecule has 0 radical (unpaired) electrons. The Labute approximate surface area is 262 Å². The van der Waals surface area contributed by atoms with Crippen molar-refractivity contribution in [1.82, 2.24) is 9.97 Å². The summed E-state index contributed by atoms with van der Waals surface area (Å²) < 4.78 is 118. The summed E-state index contributed by atoms with van der Waals surface area (Å²) in [6.45, 7) is 5.54. The van der Waals surface area contributed by atoms with Gasteiger partial charge in [-0.1, -0.05) is 0 Å². The zero-order valence-electron chi connectivity index (χ0n) is 22.0. The molecule has 1 saturated heterocycles. The molecule has 2 aromatic rings. The minimum atomic E-state index is -10.7. The smallest absolute Gasteiger partial charge is 0.412 e. The van der Waals surface area contributed by atoms with E-state index in [1.807, 2.05) is 36.7 Å². The Morgan fingerprint density at radius 1 is 0.619 bits per heavy atom. The zero-order chi connectivity index (χ0) is 31.9. The number of aryl methyl sites for hydroxylation is 2. The van der Waals surface area contributed by atoms with Crippen LogP contribution in [0.4, 0.5) is 50.4 Å². The second-order valence-corrected chi connectivity index (χ2v) is 14.9. The standard InChI is InChI=1S/C12H12N2.C6H12S3.C2H3N.2F6P.H2O.Pt/c1-9-3-5-13-11(7-9)12-8-10(2)4-6-14-12;1-2-8-5-6-9-4-3-7-1;1-2-3;2*1-7(2,3,4,5)6;;/h3-8H,1-2H3;1-6H2;1H3;;;1H2;/q;;;2*-1;;+2. The summed E-state index contributed by atoms with van der Waals surface area (Å²) in [5.41, 5.74) is 4.29. The fourth-order valence-electron chi connectivity index (χ4n) is 2.01. The summed E-state index contributed by atoms with van der Waals surface area (Å²) in [6, 6.07) is 9.81. The minimum absolute atomic E-state index is 0. The third-order valence-electron chi connectivity index (χ3n) is 3.21. The quantitative estimate of drug-likeness (QED) is 0.209. The van der Waals surface area contributed by atoms with Gasteiger partial charge in [0.15, 0.2) is 0 Å². The molecule has 22 heteroatoms. The first-order valence-electron chi connectivity index (χ1n) is 10.6. The van der Waals surface area contributed by atoms with Gasteiger partial charge in [0.05, 0.1) is 17.5 Å². The van der Waals surface area contributed by atoms with E-state index in [9.17, 15) is 50.4 Å². The topological polar surface area (TPSA) is 81.1 Å². The molecule has 0 aliphatic carbocycles. The molecule has 0 aromatic carbocycles. The Morgan fingerprint density at radius 2 is 0.810 bits per heavy atom. The molecule has 252 valence electrons. The van der Waals surface area contributed by atoms with E-state index in [1.165, 1.54) is 52.6 Å². The Kier molecular flexibility index (Phi) is 20.6. The molecular formula is C20H29F12N3OP2PtS3. The van der Waals surface area contributed by atoms with Crippen molar-refractivity contribution in [3.8, 4) is 17.5 Å². The van der Waals surface area contributed by atoms with E-state index in [2.05, 4.69) is 59.1 Å². The van der Waals surface area contributed by atoms with Gasteiger partial charge in [0.1, 0.15) is 0 Å². The summed E-state index contributed by atoms with van der Waals surface area (Å²) in [7, 11) is -21.3. The third kappa shape index (κ3) is 55.4. The van der Waals surface area contributed by atoms with Gasteiger partial charge in [-0.3, -0.25) is 9.97 Å². The number of rotatable bonds is 1. The fourth-order valence-corrected chi connectivity index (χ4v) is 5.45. The summed E-state index contributed by atoms with van der Waals surface area (Å²) in [4.78, 5) is 8.58. The molecule has 4 nitrogen and oxygen atoms in total. The molecule has 42 heavy (non-hydrogen) atoms. The average Bonchev–Trinajstić information content (AvgIpc) is 2.86. The Morgan fingerprint density at radius 3 is 0.976 bits per heavy atom. The molecule has 0 amide bonds. The van der Waals surface area contributed by atoms with Gasteiger partial charge >= 0.3 is 87.0 Å². The number of hydrogen-bond donors (Lipinski definition) is 0. The van der Waals surface area contributed by atoms with Crippen LogP contribution in [0, 0.1) is 25.2 Å². The molecule has 1 aliphatic rings. The second-order valence-electron chi connectivity index (χ2n) is 7.41. The molecule has 0 bridgehead atoms. The first-order chi connectivity index (χ1) is 17.6. The van der Waals surface area contributed by atoms with Crippen molar-refractivity contribution in [2.45, 2.75) is 20.8 Å². The van der Waals surface area contributed by atoms with Gasteiger partial charge in [0.2, 0.25) is 0 Å². The van der Waals surface area contributed by atoms with E-state index >= 15 is 0 Å². The van der Waals surface area contributed by atoms with Crippen LogP contribution in [0.5, 0.6) is 0 Å². The molecule has 2 aromatic heterocycles. The monoisotopic (exact) mass is 908 g/mol. The van der Waals surface area contributed by atoms with Crippen LogP contribution >= 0.6 is 50.9 Å². The van der Waals surface area contributed by atoms with Crippen molar-refractivity contribution in [1.29, 1.82) is 5.26 Å². The summed E-state index contributed by atoms with van der Waals surface area (Å²) in [5, 5.41) is 7.32. The van der Waals surface area contributed by atoms with Crippen molar-refractivity contribution in [3.05, 3.63) is 47.8 Å². The van der Waals surface area contributed by atoms with Crippen molar-refractivity contribution in [2.24, 2.45) is 0 Å². The van der Waals surface area contributed by atoms with Crippen LogP contribution < -0.4 is 0 Å². The van der Waals surface area contributed by atoms with Crippen LogP contribution in [0.1, 0.15) is 18.1 Å². The molecule has 2 N–H and O–H groups in total. The number of pyridine rings is 2. The maximum Gasteiger partial charge on any atom is 2.00 e. The number of nitriles is 1. The zero-order valence-corrected chi connectivity index (χ0v) is 28.5. The number of thioether (sulfide) groups is 3. The van der Waals surface area contributed by atoms with E-state index in [1.54, 1.807) is 6.07 Å². The first kappa shape index (κ1) is 48.4. The van der Waals surface area contributed by atoms with Gasteiger partial charge in [-0.15, -0.1) is 0 Å². The van der Waals surface area contributed by atoms with E-state index < -0.39 is 15.6 Å². The van der Waals surface area contributed by atoms with E-state index in [-0.39, 0.29) is 26.5 Å². The van der Waals surface area contributed by atoms with E-state index in [0.717, 1.165) is 11.4 Å². The Balaban J connectivity index is -0.000000228. The fraction of sp³-hybridized carbons (Fsp3) is 0.450. The normalized spacial score (nSPS) is 16.4. The predicted molar refractivity (Wildman–Crippen MR) is 151 cm³/mol. The number of aromatic nitrogens is 2. The molecule has 0 atom stereocenters. The van der Waals surface area contributed by atoms with Gasteiger partial charge in [-0.2, -0.15) is 40.5 Å². The molecule has 1 aliphatic heterocycles. The van der Waals surface area contributed by atoms with Crippen LogP contribution in [-0.2, 0) is 21.1 Å². The number of nitrogens with zero attached hydrogens (tertiary/aromatic N) is 3. The second kappa shape index (κ2) is 17.9. The third-order valence-corrected chi connectivity index (χ3v) is 6.94. The number of hydrogen-bond acceptors (Lipinski definition) is 6. The van der Waals surface area contributed by atoms with Crippen molar-refractivity contribution in [2.75, 3.05) is 34.5 Å². The summed E-state index contributed by atoms with van der Waals surface area (Å²) in [6.07, 6.45) is 3.63. The largest absolute Gasteiger partial charge is 2.00 e. The summed E-state index contributed by atoms with van der Waals surface area (Å²) in [5.74, 6) is 8.20.